The number of methoxy groups -OCH3 is 1. The number of hydrogen-bond donors (Lipinski definition) is 1. The first-order valence-corrected chi connectivity index (χ1v) is 10.0. The molecule has 156 valence electrons. The molecule has 0 bridgehead atoms. The van der Waals surface area contributed by atoms with Crippen LogP contribution in [0, 0.1) is 0 Å². The number of rotatable bonds is 8. The first-order chi connectivity index (χ1) is 14.1. The van der Waals surface area contributed by atoms with Crippen molar-refractivity contribution in [3.63, 3.8) is 0 Å². The van der Waals surface area contributed by atoms with Gasteiger partial charge in [0.25, 0.3) is 5.56 Å². The molecule has 1 aliphatic rings. The molecule has 9 heteroatoms. The number of ether oxygens (including phenoxy) is 1. The highest BCUT2D eigenvalue weighted by molar-refractivity contribution is 6.33. The van der Waals surface area contributed by atoms with Crippen LogP contribution < -0.4 is 15.8 Å². The van der Waals surface area contributed by atoms with Gasteiger partial charge in [-0.25, -0.2) is 0 Å². The van der Waals surface area contributed by atoms with Crippen LogP contribution in [0.1, 0.15) is 6.42 Å². The number of anilines is 1. The SMILES string of the molecule is COCCCNC(=O)CN1CCN(c2cnn(-c3ccccc3)c(=O)c2Cl)CC1. The monoisotopic (exact) mass is 419 g/mol. The smallest absolute Gasteiger partial charge is 0.292 e. The summed E-state index contributed by atoms with van der Waals surface area (Å²) in [4.78, 5) is 28.8. The minimum absolute atomic E-state index is 0.0136. The van der Waals surface area contributed by atoms with Crippen molar-refractivity contribution in [3.8, 4) is 5.69 Å². The highest BCUT2D eigenvalue weighted by Gasteiger charge is 2.22. The minimum atomic E-state index is -0.340. The van der Waals surface area contributed by atoms with Crippen LogP contribution in [0.4, 0.5) is 5.69 Å². The van der Waals surface area contributed by atoms with Crippen LogP contribution in [0.2, 0.25) is 5.02 Å². The number of halogens is 1. The van der Waals surface area contributed by atoms with Gasteiger partial charge in [-0.2, -0.15) is 9.78 Å². The number of carbonyl (C=O) groups excluding carboxylic acids is 1. The number of piperazine rings is 1. The summed E-state index contributed by atoms with van der Waals surface area (Å²) in [5.74, 6) is 0.0136. The molecule has 1 fully saturated rings. The van der Waals surface area contributed by atoms with Crippen molar-refractivity contribution >= 4 is 23.2 Å². The fraction of sp³-hybridized carbons (Fsp3) is 0.450. The van der Waals surface area contributed by atoms with Crippen molar-refractivity contribution in [1.82, 2.24) is 20.0 Å². The molecule has 0 spiro atoms. The Hall–Kier alpha value is -2.42. The first kappa shape index (κ1) is 21.3. The lowest BCUT2D eigenvalue weighted by Gasteiger charge is -2.35. The van der Waals surface area contributed by atoms with Crippen LogP contribution in [-0.4, -0.2) is 73.6 Å². The van der Waals surface area contributed by atoms with E-state index < -0.39 is 0 Å². The van der Waals surface area contributed by atoms with E-state index in [1.807, 2.05) is 35.2 Å². The van der Waals surface area contributed by atoms with Crippen molar-refractivity contribution in [2.24, 2.45) is 0 Å². The molecule has 29 heavy (non-hydrogen) atoms. The van der Waals surface area contributed by atoms with Gasteiger partial charge in [0.1, 0.15) is 5.02 Å². The Morgan fingerprint density at radius 1 is 1.21 bits per heavy atom. The molecule has 1 amide bonds. The predicted molar refractivity (Wildman–Crippen MR) is 113 cm³/mol. The number of hydrogen-bond acceptors (Lipinski definition) is 6. The maximum absolute atomic E-state index is 12.7. The van der Waals surface area contributed by atoms with E-state index in [2.05, 4.69) is 15.3 Å². The molecule has 2 heterocycles. The standard InChI is InChI=1S/C20H26ClN5O3/c1-29-13-5-8-22-18(27)15-24-9-11-25(12-10-24)17-14-23-26(20(28)19(17)21)16-6-3-2-4-7-16/h2-4,6-7,14H,5,8-13,15H2,1H3,(H,22,27). The zero-order chi connectivity index (χ0) is 20.6. The van der Waals surface area contributed by atoms with Gasteiger partial charge in [-0.3, -0.25) is 14.5 Å². The van der Waals surface area contributed by atoms with E-state index in [0.717, 1.165) is 6.42 Å². The maximum Gasteiger partial charge on any atom is 0.292 e. The molecule has 1 aromatic carbocycles. The molecule has 8 nitrogen and oxygen atoms in total. The summed E-state index contributed by atoms with van der Waals surface area (Å²) < 4.78 is 6.27. The molecular weight excluding hydrogens is 394 g/mol. The van der Waals surface area contributed by atoms with E-state index in [1.54, 1.807) is 13.3 Å². The summed E-state index contributed by atoms with van der Waals surface area (Å²) in [7, 11) is 1.65. The van der Waals surface area contributed by atoms with Gasteiger partial charge in [0, 0.05) is 46.4 Å². The average Bonchev–Trinajstić information content (AvgIpc) is 2.74. The van der Waals surface area contributed by atoms with E-state index >= 15 is 0 Å². The highest BCUT2D eigenvalue weighted by Crippen LogP contribution is 2.23. The Morgan fingerprint density at radius 3 is 2.62 bits per heavy atom. The second kappa shape index (κ2) is 10.4. The molecule has 0 aliphatic carbocycles. The molecule has 0 unspecified atom stereocenters. The lowest BCUT2D eigenvalue weighted by atomic mass is 10.2. The molecule has 1 aromatic heterocycles. The maximum atomic E-state index is 12.7. The van der Waals surface area contributed by atoms with Gasteiger partial charge in [-0.15, -0.1) is 0 Å². The summed E-state index contributed by atoms with van der Waals surface area (Å²) in [6.07, 6.45) is 2.44. The summed E-state index contributed by atoms with van der Waals surface area (Å²) in [5.41, 5.74) is 0.966. The van der Waals surface area contributed by atoms with Crippen molar-refractivity contribution in [2.75, 3.05) is 57.9 Å². The molecule has 0 saturated carbocycles. The van der Waals surface area contributed by atoms with Gasteiger partial charge >= 0.3 is 0 Å². The number of nitrogens with one attached hydrogen (secondary N) is 1. The van der Waals surface area contributed by atoms with Crippen LogP contribution in [-0.2, 0) is 9.53 Å². The summed E-state index contributed by atoms with van der Waals surface area (Å²) in [6, 6.07) is 9.19. The van der Waals surface area contributed by atoms with Crippen LogP contribution in [0.5, 0.6) is 0 Å². The van der Waals surface area contributed by atoms with E-state index in [-0.39, 0.29) is 16.5 Å². The van der Waals surface area contributed by atoms with Gasteiger partial charge in [0.2, 0.25) is 5.91 Å². The van der Waals surface area contributed by atoms with Crippen LogP contribution in [0.25, 0.3) is 5.69 Å². The molecule has 0 atom stereocenters. The van der Waals surface area contributed by atoms with Crippen molar-refractivity contribution in [1.29, 1.82) is 0 Å². The molecular formula is C20H26ClN5O3. The Kier molecular flexibility index (Phi) is 7.62. The number of nitrogens with zero attached hydrogens (tertiary/aromatic N) is 4. The normalized spacial score (nSPS) is 14.8. The highest BCUT2D eigenvalue weighted by atomic mass is 35.5. The Balaban J connectivity index is 1.56. The zero-order valence-corrected chi connectivity index (χ0v) is 17.3. The Labute approximate surface area is 175 Å². The fourth-order valence-corrected chi connectivity index (χ4v) is 3.50. The first-order valence-electron chi connectivity index (χ1n) is 9.66. The third-order valence-electron chi connectivity index (χ3n) is 4.83. The second-order valence-electron chi connectivity index (χ2n) is 6.86. The largest absolute Gasteiger partial charge is 0.385 e. The zero-order valence-electron chi connectivity index (χ0n) is 16.5. The number of amides is 1. The number of carbonyl (C=O) groups is 1. The molecule has 1 saturated heterocycles. The number of para-hydroxylation sites is 1. The van der Waals surface area contributed by atoms with E-state index in [9.17, 15) is 9.59 Å². The van der Waals surface area contributed by atoms with Crippen molar-refractivity contribution in [3.05, 3.63) is 51.9 Å². The lowest BCUT2D eigenvalue weighted by Crippen LogP contribution is -2.50. The Morgan fingerprint density at radius 2 is 1.93 bits per heavy atom. The van der Waals surface area contributed by atoms with Crippen LogP contribution in [0.3, 0.4) is 0 Å². The van der Waals surface area contributed by atoms with E-state index in [1.165, 1.54) is 4.68 Å². The van der Waals surface area contributed by atoms with Gasteiger partial charge in [-0.05, 0) is 18.6 Å². The van der Waals surface area contributed by atoms with E-state index in [4.69, 9.17) is 16.3 Å². The minimum Gasteiger partial charge on any atom is -0.385 e. The average molecular weight is 420 g/mol. The third-order valence-corrected chi connectivity index (χ3v) is 5.18. The lowest BCUT2D eigenvalue weighted by molar-refractivity contribution is -0.122. The van der Waals surface area contributed by atoms with Crippen molar-refractivity contribution < 1.29 is 9.53 Å². The van der Waals surface area contributed by atoms with Gasteiger partial charge in [0.15, 0.2) is 0 Å². The summed E-state index contributed by atoms with van der Waals surface area (Å²) in [5, 5.41) is 7.35. The molecule has 1 N–H and O–H groups in total. The van der Waals surface area contributed by atoms with E-state index in [0.29, 0.717) is 57.3 Å². The molecule has 3 rings (SSSR count). The second-order valence-corrected chi connectivity index (χ2v) is 7.23. The number of aromatic nitrogens is 2. The Bertz CT molecular complexity index is 866. The summed E-state index contributed by atoms with van der Waals surface area (Å²) in [6.45, 7) is 4.39. The van der Waals surface area contributed by atoms with Crippen LogP contribution >= 0.6 is 11.6 Å². The van der Waals surface area contributed by atoms with Gasteiger partial charge < -0.3 is 15.0 Å². The van der Waals surface area contributed by atoms with Crippen molar-refractivity contribution in [2.45, 2.75) is 6.42 Å². The fourth-order valence-electron chi connectivity index (χ4n) is 3.25. The predicted octanol–water partition coefficient (Wildman–Crippen LogP) is 1.16. The number of benzene rings is 1. The third kappa shape index (κ3) is 5.56. The topological polar surface area (TPSA) is 79.7 Å². The quantitative estimate of drug-likeness (QED) is 0.647. The molecule has 1 aliphatic heterocycles. The summed E-state index contributed by atoms with van der Waals surface area (Å²) >= 11 is 6.38. The molecule has 0 radical (unpaired) electrons. The molecule has 2 aromatic rings. The van der Waals surface area contributed by atoms with Gasteiger partial charge in [-0.1, -0.05) is 29.8 Å². The van der Waals surface area contributed by atoms with Crippen LogP contribution in [0.15, 0.2) is 41.3 Å². The van der Waals surface area contributed by atoms with Gasteiger partial charge in [0.05, 0.1) is 24.1 Å².